The maximum Gasteiger partial charge on any atom is 0.257 e. The number of pyridine rings is 1. The van der Waals surface area contributed by atoms with Crippen molar-refractivity contribution in [1.82, 2.24) is 4.98 Å². The van der Waals surface area contributed by atoms with Crippen molar-refractivity contribution in [3.05, 3.63) is 83.2 Å². The van der Waals surface area contributed by atoms with Crippen LogP contribution in [-0.2, 0) is 17.6 Å². The minimum atomic E-state index is -0.195. The van der Waals surface area contributed by atoms with Gasteiger partial charge in [-0.3, -0.25) is 9.78 Å². The quantitative estimate of drug-likeness (QED) is 0.374. The molecule has 0 aliphatic rings. The summed E-state index contributed by atoms with van der Waals surface area (Å²) in [6, 6.07) is 19.2. The standard InChI is InChI=1S/C28H34N2O3/c1-6-8-22-11-14-25(15-12-22)33-26-10-7-9-23(18-26)30-28(31)27-16-13-24(29-21(27)5)17-20(4)32-19(2)3/h7,9-16,18-20H,6,8,17H2,1-5H3,(H,30,31). The number of carbonyl (C=O) groups is 1. The Kier molecular flexibility index (Phi) is 8.61. The summed E-state index contributed by atoms with van der Waals surface area (Å²) in [5, 5.41) is 2.95. The van der Waals surface area contributed by atoms with Gasteiger partial charge < -0.3 is 14.8 Å². The third-order valence-electron chi connectivity index (χ3n) is 5.18. The summed E-state index contributed by atoms with van der Waals surface area (Å²) < 4.78 is 11.8. The first-order chi connectivity index (χ1) is 15.8. The van der Waals surface area contributed by atoms with Crippen molar-refractivity contribution in [2.75, 3.05) is 5.32 Å². The van der Waals surface area contributed by atoms with Crippen LogP contribution in [0.5, 0.6) is 11.5 Å². The van der Waals surface area contributed by atoms with Crippen molar-refractivity contribution in [2.24, 2.45) is 0 Å². The molecule has 1 amide bonds. The molecule has 0 saturated heterocycles. The van der Waals surface area contributed by atoms with Crippen LogP contribution >= 0.6 is 0 Å². The fourth-order valence-corrected chi connectivity index (χ4v) is 3.76. The average molecular weight is 447 g/mol. The normalized spacial score (nSPS) is 11.9. The SMILES string of the molecule is CCCc1ccc(Oc2cccc(NC(=O)c3ccc(CC(C)OC(C)C)nc3C)c2)cc1. The van der Waals surface area contributed by atoms with E-state index in [1.54, 1.807) is 0 Å². The molecule has 0 saturated carbocycles. The van der Waals surface area contributed by atoms with E-state index >= 15 is 0 Å². The van der Waals surface area contributed by atoms with Crippen molar-refractivity contribution in [3.8, 4) is 11.5 Å². The Morgan fingerprint density at radius 3 is 2.42 bits per heavy atom. The Balaban J connectivity index is 1.64. The number of ether oxygens (including phenoxy) is 2. The summed E-state index contributed by atoms with van der Waals surface area (Å²) in [5.74, 6) is 1.24. The molecule has 0 aliphatic heterocycles. The number of hydrogen-bond acceptors (Lipinski definition) is 4. The highest BCUT2D eigenvalue weighted by Crippen LogP contribution is 2.25. The van der Waals surface area contributed by atoms with Crippen molar-refractivity contribution in [3.63, 3.8) is 0 Å². The molecule has 0 fully saturated rings. The van der Waals surface area contributed by atoms with Gasteiger partial charge >= 0.3 is 0 Å². The summed E-state index contributed by atoms with van der Waals surface area (Å²) in [6.45, 7) is 10.1. The van der Waals surface area contributed by atoms with Crippen molar-refractivity contribution < 1.29 is 14.3 Å². The van der Waals surface area contributed by atoms with E-state index in [1.807, 2.05) is 76.2 Å². The summed E-state index contributed by atoms with van der Waals surface area (Å²) in [4.78, 5) is 17.5. The van der Waals surface area contributed by atoms with Crippen LogP contribution in [0.1, 0.15) is 61.4 Å². The molecule has 5 nitrogen and oxygen atoms in total. The molecule has 1 heterocycles. The monoisotopic (exact) mass is 446 g/mol. The number of hydrogen-bond donors (Lipinski definition) is 1. The molecule has 1 unspecified atom stereocenters. The zero-order valence-electron chi connectivity index (χ0n) is 20.2. The number of amides is 1. The summed E-state index contributed by atoms with van der Waals surface area (Å²) in [5.41, 5.74) is 4.12. The van der Waals surface area contributed by atoms with E-state index in [0.29, 0.717) is 29.1 Å². The predicted octanol–water partition coefficient (Wildman–Crippen LogP) is 6.74. The average Bonchev–Trinajstić information content (AvgIpc) is 2.75. The summed E-state index contributed by atoms with van der Waals surface area (Å²) in [6.07, 6.45) is 3.13. The summed E-state index contributed by atoms with van der Waals surface area (Å²) >= 11 is 0. The van der Waals surface area contributed by atoms with Gasteiger partial charge in [0.05, 0.1) is 23.5 Å². The number of nitrogens with one attached hydrogen (secondary N) is 1. The van der Waals surface area contributed by atoms with Crippen LogP contribution in [0.2, 0.25) is 0 Å². The lowest BCUT2D eigenvalue weighted by Gasteiger charge is -2.16. The van der Waals surface area contributed by atoms with Crippen molar-refractivity contribution in [2.45, 2.75) is 66.1 Å². The lowest BCUT2D eigenvalue weighted by atomic mass is 10.1. The molecule has 0 spiro atoms. The number of benzene rings is 2. The molecule has 2 aromatic carbocycles. The zero-order chi connectivity index (χ0) is 23.8. The minimum absolute atomic E-state index is 0.0714. The molecular formula is C28H34N2O3. The number of aryl methyl sites for hydroxylation is 2. The Bertz CT molecular complexity index is 1060. The summed E-state index contributed by atoms with van der Waals surface area (Å²) in [7, 11) is 0. The largest absolute Gasteiger partial charge is 0.457 e. The highest BCUT2D eigenvalue weighted by molar-refractivity contribution is 6.05. The maximum absolute atomic E-state index is 12.9. The maximum atomic E-state index is 12.9. The highest BCUT2D eigenvalue weighted by Gasteiger charge is 2.14. The van der Waals surface area contributed by atoms with Gasteiger partial charge in [0, 0.05) is 23.9 Å². The fraction of sp³-hybridized carbons (Fsp3) is 0.357. The Morgan fingerprint density at radius 1 is 1.00 bits per heavy atom. The third kappa shape index (κ3) is 7.43. The van der Waals surface area contributed by atoms with Gasteiger partial charge in [-0.1, -0.05) is 31.5 Å². The van der Waals surface area contributed by atoms with E-state index < -0.39 is 0 Å². The molecule has 0 bridgehead atoms. The first-order valence-corrected chi connectivity index (χ1v) is 11.6. The van der Waals surface area contributed by atoms with Gasteiger partial charge in [0.15, 0.2) is 0 Å². The molecular weight excluding hydrogens is 412 g/mol. The molecule has 0 aliphatic carbocycles. The van der Waals surface area contributed by atoms with E-state index in [9.17, 15) is 4.79 Å². The number of anilines is 1. The van der Waals surface area contributed by atoms with E-state index in [4.69, 9.17) is 9.47 Å². The topological polar surface area (TPSA) is 60.5 Å². The number of aromatic nitrogens is 1. The molecule has 1 N–H and O–H groups in total. The van der Waals surface area contributed by atoms with Gasteiger partial charge in [0.2, 0.25) is 0 Å². The number of carbonyl (C=O) groups excluding carboxylic acids is 1. The van der Waals surface area contributed by atoms with Gasteiger partial charge in [0.25, 0.3) is 5.91 Å². The third-order valence-corrected chi connectivity index (χ3v) is 5.18. The minimum Gasteiger partial charge on any atom is -0.457 e. The smallest absolute Gasteiger partial charge is 0.257 e. The van der Waals surface area contributed by atoms with Crippen LogP contribution in [0.25, 0.3) is 0 Å². The fourth-order valence-electron chi connectivity index (χ4n) is 3.76. The van der Waals surface area contributed by atoms with E-state index in [0.717, 1.165) is 24.3 Å². The van der Waals surface area contributed by atoms with Gasteiger partial charge in [-0.2, -0.15) is 0 Å². The Labute approximate surface area is 197 Å². The van der Waals surface area contributed by atoms with Crippen molar-refractivity contribution >= 4 is 11.6 Å². The van der Waals surface area contributed by atoms with Gasteiger partial charge in [-0.15, -0.1) is 0 Å². The second-order valence-corrected chi connectivity index (χ2v) is 8.61. The Morgan fingerprint density at radius 2 is 1.76 bits per heavy atom. The van der Waals surface area contributed by atoms with Gasteiger partial charge in [-0.25, -0.2) is 0 Å². The highest BCUT2D eigenvalue weighted by atomic mass is 16.5. The van der Waals surface area contributed by atoms with E-state index in [-0.39, 0.29) is 18.1 Å². The number of nitrogens with zero attached hydrogens (tertiary/aromatic N) is 1. The van der Waals surface area contributed by atoms with Gasteiger partial charge in [0.1, 0.15) is 11.5 Å². The first kappa shape index (κ1) is 24.5. The second kappa shape index (κ2) is 11.6. The molecule has 174 valence electrons. The molecule has 3 rings (SSSR count). The predicted molar refractivity (Wildman–Crippen MR) is 133 cm³/mol. The molecule has 3 aromatic rings. The van der Waals surface area contributed by atoms with Crippen molar-refractivity contribution in [1.29, 1.82) is 0 Å². The molecule has 1 aromatic heterocycles. The molecule has 0 radical (unpaired) electrons. The van der Waals surface area contributed by atoms with Crippen LogP contribution in [0, 0.1) is 6.92 Å². The van der Waals surface area contributed by atoms with Crippen LogP contribution < -0.4 is 10.1 Å². The van der Waals surface area contributed by atoms with E-state index in [2.05, 4.69) is 29.4 Å². The number of rotatable bonds is 10. The lowest BCUT2D eigenvalue weighted by Crippen LogP contribution is -2.18. The molecule has 5 heteroatoms. The lowest BCUT2D eigenvalue weighted by molar-refractivity contribution is 0.0190. The second-order valence-electron chi connectivity index (χ2n) is 8.61. The molecule has 33 heavy (non-hydrogen) atoms. The zero-order valence-corrected chi connectivity index (χ0v) is 20.2. The van der Waals surface area contributed by atoms with Crippen LogP contribution in [0.15, 0.2) is 60.7 Å². The van der Waals surface area contributed by atoms with Crippen LogP contribution in [0.4, 0.5) is 5.69 Å². The van der Waals surface area contributed by atoms with Crippen LogP contribution in [-0.4, -0.2) is 23.1 Å². The molecule has 1 atom stereocenters. The first-order valence-electron chi connectivity index (χ1n) is 11.6. The van der Waals surface area contributed by atoms with Crippen LogP contribution in [0.3, 0.4) is 0 Å². The Hall–Kier alpha value is -3.18. The van der Waals surface area contributed by atoms with E-state index in [1.165, 1.54) is 5.56 Å². The van der Waals surface area contributed by atoms with Gasteiger partial charge in [-0.05, 0) is 76.1 Å².